The second kappa shape index (κ2) is 3.48. The van der Waals surface area contributed by atoms with E-state index < -0.39 is 17.2 Å². The van der Waals surface area contributed by atoms with E-state index in [1.165, 1.54) is 18.2 Å². The molecule has 0 aliphatic rings. The number of alkyl halides is 3. The third kappa shape index (κ3) is 1.88. The first-order valence-corrected chi connectivity index (χ1v) is 4.56. The third-order valence-electron chi connectivity index (χ3n) is 1.96. The second-order valence-corrected chi connectivity index (χ2v) is 3.45. The van der Waals surface area contributed by atoms with Crippen LogP contribution in [0, 0.1) is 0 Å². The van der Waals surface area contributed by atoms with Crippen LogP contribution in [0.3, 0.4) is 0 Å². The molecule has 0 radical (unpaired) electrons. The van der Waals surface area contributed by atoms with Crippen molar-refractivity contribution in [1.29, 1.82) is 0 Å². The molecule has 0 saturated heterocycles. The molecular formula is C9H5ClF3N3. The van der Waals surface area contributed by atoms with E-state index in [2.05, 4.69) is 9.97 Å². The van der Waals surface area contributed by atoms with E-state index in [1.54, 1.807) is 0 Å². The summed E-state index contributed by atoms with van der Waals surface area (Å²) in [5.41, 5.74) is 4.67. The molecule has 0 saturated carbocycles. The molecule has 0 bridgehead atoms. The molecule has 0 unspecified atom stereocenters. The fourth-order valence-corrected chi connectivity index (χ4v) is 1.51. The van der Waals surface area contributed by atoms with E-state index in [0.29, 0.717) is 0 Å². The van der Waals surface area contributed by atoms with Crippen LogP contribution in [0.5, 0.6) is 0 Å². The number of hydrogen-bond donors (Lipinski definition) is 1. The molecule has 0 spiro atoms. The van der Waals surface area contributed by atoms with Crippen molar-refractivity contribution in [2.45, 2.75) is 6.18 Å². The summed E-state index contributed by atoms with van der Waals surface area (Å²) in [6.07, 6.45) is -4.58. The fraction of sp³-hybridized carbons (Fsp3) is 0.111. The highest BCUT2D eigenvalue weighted by molar-refractivity contribution is 6.28. The Kier molecular flexibility index (Phi) is 2.38. The molecule has 1 heterocycles. The van der Waals surface area contributed by atoms with Crippen molar-refractivity contribution in [1.82, 2.24) is 9.97 Å². The minimum atomic E-state index is -4.58. The van der Waals surface area contributed by atoms with Crippen molar-refractivity contribution >= 4 is 28.2 Å². The molecule has 0 amide bonds. The van der Waals surface area contributed by atoms with Gasteiger partial charge in [0, 0.05) is 11.1 Å². The standard InChI is InChI=1S/C9H5ClF3N3/c10-8-15-6-2-1-4(14)3-5(6)7(16-8)9(11,12)13/h1-3H,14H2. The Bertz CT molecular complexity index is 553. The zero-order valence-corrected chi connectivity index (χ0v) is 8.47. The summed E-state index contributed by atoms with van der Waals surface area (Å²) >= 11 is 5.42. The van der Waals surface area contributed by atoms with E-state index in [1.807, 2.05) is 0 Å². The van der Waals surface area contributed by atoms with Gasteiger partial charge in [-0.2, -0.15) is 13.2 Å². The topological polar surface area (TPSA) is 51.8 Å². The Morgan fingerprint density at radius 2 is 1.88 bits per heavy atom. The number of benzene rings is 1. The normalized spacial score (nSPS) is 12.0. The number of fused-ring (bicyclic) bond motifs is 1. The quantitative estimate of drug-likeness (QED) is 0.575. The first kappa shape index (κ1) is 10.9. The Morgan fingerprint density at radius 3 is 2.50 bits per heavy atom. The third-order valence-corrected chi connectivity index (χ3v) is 2.13. The van der Waals surface area contributed by atoms with Gasteiger partial charge in [0.05, 0.1) is 5.52 Å². The van der Waals surface area contributed by atoms with Crippen LogP contribution >= 0.6 is 11.6 Å². The maximum atomic E-state index is 12.6. The number of halogens is 4. The highest BCUT2D eigenvalue weighted by atomic mass is 35.5. The van der Waals surface area contributed by atoms with Gasteiger partial charge in [-0.05, 0) is 29.8 Å². The minimum absolute atomic E-state index is 0.113. The van der Waals surface area contributed by atoms with Gasteiger partial charge in [0.15, 0.2) is 5.69 Å². The van der Waals surface area contributed by atoms with E-state index in [-0.39, 0.29) is 16.6 Å². The molecule has 2 aromatic rings. The van der Waals surface area contributed by atoms with Gasteiger partial charge in [-0.25, -0.2) is 9.97 Å². The lowest BCUT2D eigenvalue weighted by atomic mass is 10.1. The van der Waals surface area contributed by atoms with Crippen molar-refractivity contribution in [3.63, 3.8) is 0 Å². The van der Waals surface area contributed by atoms with Crippen LogP contribution in [-0.4, -0.2) is 9.97 Å². The van der Waals surface area contributed by atoms with E-state index in [9.17, 15) is 13.2 Å². The minimum Gasteiger partial charge on any atom is -0.399 e. The molecule has 1 aromatic heterocycles. The summed E-state index contributed by atoms with van der Waals surface area (Å²) in [4.78, 5) is 6.88. The smallest absolute Gasteiger partial charge is 0.399 e. The molecule has 2 N–H and O–H groups in total. The SMILES string of the molecule is Nc1ccc2nc(Cl)nc(C(F)(F)F)c2c1. The average Bonchev–Trinajstić information content (AvgIpc) is 2.16. The highest BCUT2D eigenvalue weighted by Crippen LogP contribution is 2.34. The number of anilines is 1. The predicted octanol–water partition coefficient (Wildman–Crippen LogP) is 2.88. The Hall–Kier alpha value is -1.56. The first-order chi connectivity index (χ1) is 7.38. The molecule has 0 fully saturated rings. The number of hydrogen-bond acceptors (Lipinski definition) is 3. The molecule has 16 heavy (non-hydrogen) atoms. The zero-order chi connectivity index (χ0) is 11.9. The fourth-order valence-electron chi connectivity index (χ4n) is 1.33. The van der Waals surface area contributed by atoms with Crippen LogP contribution in [0.25, 0.3) is 10.9 Å². The maximum absolute atomic E-state index is 12.6. The van der Waals surface area contributed by atoms with Crippen molar-refractivity contribution < 1.29 is 13.2 Å². The average molecular weight is 248 g/mol. The molecule has 0 aliphatic carbocycles. The summed E-state index contributed by atoms with van der Waals surface area (Å²) in [6.45, 7) is 0. The lowest BCUT2D eigenvalue weighted by Gasteiger charge is -2.09. The first-order valence-electron chi connectivity index (χ1n) is 4.18. The Morgan fingerprint density at radius 1 is 1.19 bits per heavy atom. The van der Waals surface area contributed by atoms with E-state index in [0.717, 1.165) is 0 Å². The second-order valence-electron chi connectivity index (χ2n) is 3.12. The number of nitrogens with two attached hydrogens (primary N) is 1. The lowest BCUT2D eigenvalue weighted by molar-refractivity contribution is -0.139. The van der Waals surface area contributed by atoms with Gasteiger partial charge in [0.25, 0.3) is 0 Å². The van der Waals surface area contributed by atoms with Crippen molar-refractivity contribution in [3.8, 4) is 0 Å². The maximum Gasteiger partial charge on any atom is 0.434 e. The number of nitrogens with zero attached hydrogens (tertiary/aromatic N) is 2. The van der Waals surface area contributed by atoms with Gasteiger partial charge in [0.1, 0.15) is 0 Å². The molecule has 0 aliphatic heterocycles. The number of nitrogen functional groups attached to an aromatic ring is 1. The van der Waals surface area contributed by atoms with Crippen LogP contribution in [-0.2, 0) is 6.18 Å². The molecular weight excluding hydrogens is 243 g/mol. The van der Waals surface area contributed by atoms with Gasteiger partial charge in [-0.3, -0.25) is 0 Å². The number of rotatable bonds is 0. The van der Waals surface area contributed by atoms with Gasteiger partial charge in [-0.15, -0.1) is 0 Å². The Balaban J connectivity index is 2.85. The molecule has 7 heteroatoms. The summed E-state index contributed by atoms with van der Waals surface area (Å²) in [5.74, 6) is 0. The van der Waals surface area contributed by atoms with Crippen LogP contribution in [0.4, 0.5) is 18.9 Å². The van der Waals surface area contributed by atoms with Crippen LogP contribution in [0.15, 0.2) is 18.2 Å². The summed E-state index contributed by atoms with van der Waals surface area (Å²) in [5, 5.41) is -0.596. The monoisotopic (exact) mass is 247 g/mol. The molecule has 1 aromatic carbocycles. The van der Waals surface area contributed by atoms with Crippen LogP contribution in [0.2, 0.25) is 5.28 Å². The predicted molar refractivity (Wildman–Crippen MR) is 54.0 cm³/mol. The zero-order valence-electron chi connectivity index (χ0n) is 7.72. The Labute approximate surface area is 93.1 Å². The van der Waals surface area contributed by atoms with Gasteiger partial charge < -0.3 is 5.73 Å². The number of aromatic nitrogens is 2. The van der Waals surface area contributed by atoms with Crippen LogP contribution in [0.1, 0.15) is 5.69 Å². The van der Waals surface area contributed by atoms with E-state index >= 15 is 0 Å². The summed E-state index contributed by atoms with van der Waals surface area (Å²) < 4.78 is 37.9. The van der Waals surface area contributed by atoms with E-state index in [4.69, 9.17) is 17.3 Å². The molecule has 84 valence electrons. The van der Waals surface area contributed by atoms with Crippen molar-refractivity contribution in [2.24, 2.45) is 0 Å². The molecule has 2 rings (SSSR count). The van der Waals surface area contributed by atoms with Gasteiger partial charge >= 0.3 is 6.18 Å². The summed E-state index contributed by atoms with van der Waals surface area (Å²) in [6, 6.07) is 3.99. The van der Waals surface area contributed by atoms with Crippen LogP contribution < -0.4 is 5.73 Å². The molecule has 0 atom stereocenters. The molecule has 3 nitrogen and oxygen atoms in total. The van der Waals surface area contributed by atoms with Gasteiger partial charge in [0.2, 0.25) is 5.28 Å². The summed E-state index contributed by atoms with van der Waals surface area (Å²) in [7, 11) is 0. The van der Waals surface area contributed by atoms with Crippen molar-refractivity contribution in [2.75, 3.05) is 5.73 Å². The highest BCUT2D eigenvalue weighted by Gasteiger charge is 2.35. The van der Waals surface area contributed by atoms with Gasteiger partial charge in [-0.1, -0.05) is 0 Å². The lowest BCUT2D eigenvalue weighted by Crippen LogP contribution is -2.10. The van der Waals surface area contributed by atoms with Crippen molar-refractivity contribution in [3.05, 3.63) is 29.2 Å². The largest absolute Gasteiger partial charge is 0.434 e.